The van der Waals surface area contributed by atoms with Crippen LogP contribution in [0.15, 0.2) is 54.6 Å². The van der Waals surface area contributed by atoms with Gasteiger partial charge in [-0.1, -0.05) is 106 Å². The van der Waals surface area contributed by atoms with Gasteiger partial charge in [-0.3, -0.25) is 0 Å². The first-order valence-electron chi connectivity index (χ1n) is 14.6. The van der Waals surface area contributed by atoms with E-state index in [4.69, 9.17) is 14.2 Å². The lowest BCUT2D eigenvalue weighted by atomic mass is 9.76. The summed E-state index contributed by atoms with van der Waals surface area (Å²) < 4.78 is 17.9. The fourth-order valence-electron chi connectivity index (χ4n) is 5.43. The van der Waals surface area contributed by atoms with E-state index in [2.05, 4.69) is 124 Å². The summed E-state index contributed by atoms with van der Waals surface area (Å²) in [7, 11) is 5.31. The third-order valence-corrected chi connectivity index (χ3v) is 8.16. The van der Waals surface area contributed by atoms with Crippen LogP contribution in [0.4, 0.5) is 0 Å². The summed E-state index contributed by atoms with van der Waals surface area (Å²) >= 11 is 0. The van der Waals surface area contributed by atoms with Crippen molar-refractivity contribution in [3.05, 3.63) is 88.0 Å². The maximum absolute atomic E-state index is 6.02. The summed E-state index contributed by atoms with van der Waals surface area (Å²) in [5.74, 6) is 3.01. The van der Waals surface area contributed by atoms with Crippen molar-refractivity contribution in [2.45, 2.75) is 104 Å². The summed E-state index contributed by atoms with van der Waals surface area (Å²) in [6.07, 6.45) is 0.873. The zero-order valence-electron chi connectivity index (χ0n) is 27.3. The van der Waals surface area contributed by atoms with Crippen LogP contribution in [0.2, 0.25) is 0 Å². The Balaban J connectivity index is 2.29. The molecule has 3 aromatic carbocycles. The third kappa shape index (κ3) is 7.03. The number of methoxy groups -OCH3 is 3. The van der Waals surface area contributed by atoms with Crippen LogP contribution in [0.1, 0.15) is 121 Å². The Bertz CT molecular complexity index is 1230. The van der Waals surface area contributed by atoms with Crippen LogP contribution in [0, 0.1) is 0 Å². The van der Waals surface area contributed by atoms with E-state index in [1.807, 2.05) is 0 Å². The molecule has 1 atom stereocenters. The minimum Gasteiger partial charge on any atom is -0.496 e. The minimum absolute atomic E-state index is 0.0127. The van der Waals surface area contributed by atoms with Gasteiger partial charge in [0.2, 0.25) is 0 Å². The van der Waals surface area contributed by atoms with Crippen LogP contribution >= 0.6 is 0 Å². The number of benzene rings is 3. The van der Waals surface area contributed by atoms with E-state index in [0.29, 0.717) is 0 Å². The highest BCUT2D eigenvalue weighted by molar-refractivity contribution is 5.52. The fraction of sp³-hybridized carbons (Fsp3) is 0.514. The Labute approximate surface area is 244 Å². The molecule has 0 amide bonds. The average molecular weight is 545 g/mol. The highest BCUT2D eigenvalue weighted by Gasteiger charge is 2.29. The van der Waals surface area contributed by atoms with Gasteiger partial charge in [-0.15, -0.1) is 0 Å². The average Bonchev–Trinajstić information content (AvgIpc) is 2.88. The van der Waals surface area contributed by atoms with Gasteiger partial charge in [0.1, 0.15) is 17.2 Å². The molecular weight excluding hydrogens is 492 g/mol. The molecule has 0 saturated carbocycles. The van der Waals surface area contributed by atoms with Crippen LogP contribution in [0.5, 0.6) is 17.2 Å². The normalized spacial score (nSPS) is 13.3. The van der Waals surface area contributed by atoms with Crippen molar-refractivity contribution in [2.75, 3.05) is 21.3 Å². The van der Waals surface area contributed by atoms with E-state index in [1.54, 1.807) is 21.3 Å². The fourth-order valence-corrected chi connectivity index (χ4v) is 5.43. The van der Waals surface area contributed by atoms with Gasteiger partial charge in [-0.2, -0.15) is 0 Å². The standard InChI is InChI=1S/C37H52O3/c1-24(28-21-25(35(2,3)4)14-17-32(28)38-11)20-29(30-22-26(36(5,6)7)15-18-33(30)39-12)31-23-27(37(8,9)10)16-19-34(31)40-13/h14-19,21-24,29H,20H2,1-13H3. The van der Waals surface area contributed by atoms with Crippen molar-refractivity contribution in [1.82, 2.24) is 0 Å². The zero-order chi connectivity index (χ0) is 30.0. The van der Waals surface area contributed by atoms with Crippen LogP contribution in [-0.2, 0) is 16.2 Å². The van der Waals surface area contributed by atoms with Crippen LogP contribution in [-0.4, -0.2) is 21.3 Å². The smallest absolute Gasteiger partial charge is 0.122 e. The first kappa shape index (κ1) is 31.6. The molecule has 0 fully saturated rings. The molecule has 3 aromatic rings. The Hall–Kier alpha value is -2.94. The van der Waals surface area contributed by atoms with E-state index < -0.39 is 0 Å². The number of rotatable bonds is 8. The summed E-state index contributed by atoms with van der Waals surface area (Å²) in [4.78, 5) is 0. The lowest BCUT2D eigenvalue weighted by Crippen LogP contribution is -2.17. The second-order valence-corrected chi connectivity index (χ2v) is 14.3. The van der Waals surface area contributed by atoms with Crippen molar-refractivity contribution in [3.8, 4) is 17.2 Å². The van der Waals surface area contributed by atoms with Gasteiger partial charge in [0.15, 0.2) is 0 Å². The van der Waals surface area contributed by atoms with Crippen LogP contribution in [0.3, 0.4) is 0 Å². The van der Waals surface area contributed by atoms with Gasteiger partial charge < -0.3 is 14.2 Å². The predicted molar refractivity (Wildman–Crippen MR) is 170 cm³/mol. The molecule has 0 bridgehead atoms. The molecular formula is C37H52O3. The highest BCUT2D eigenvalue weighted by Crippen LogP contribution is 2.46. The van der Waals surface area contributed by atoms with Crippen molar-refractivity contribution in [1.29, 1.82) is 0 Å². The van der Waals surface area contributed by atoms with Crippen molar-refractivity contribution >= 4 is 0 Å². The van der Waals surface area contributed by atoms with Gasteiger partial charge in [-0.05, 0) is 69.0 Å². The van der Waals surface area contributed by atoms with E-state index in [1.165, 1.54) is 33.4 Å². The number of hydrogen-bond donors (Lipinski definition) is 0. The second-order valence-electron chi connectivity index (χ2n) is 14.3. The Kier molecular flexibility index (Phi) is 9.39. The van der Waals surface area contributed by atoms with Crippen LogP contribution < -0.4 is 14.2 Å². The summed E-state index contributed by atoms with van der Waals surface area (Å²) in [5.41, 5.74) is 7.59. The van der Waals surface area contributed by atoms with Gasteiger partial charge in [0, 0.05) is 17.0 Å². The molecule has 3 heteroatoms. The molecule has 1 unspecified atom stereocenters. The van der Waals surface area contributed by atoms with Crippen molar-refractivity contribution in [2.24, 2.45) is 0 Å². The predicted octanol–water partition coefficient (Wildman–Crippen LogP) is 9.93. The molecule has 0 radical (unpaired) electrons. The monoisotopic (exact) mass is 544 g/mol. The molecule has 3 nitrogen and oxygen atoms in total. The SMILES string of the molecule is COc1ccc(C(C)(C)C)cc1C(C)CC(c1cc(C(C)(C)C)ccc1OC)c1cc(C(C)(C)C)ccc1OC. The van der Waals surface area contributed by atoms with Gasteiger partial charge in [-0.25, -0.2) is 0 Å². The first-order valence-corrected chi connectivity index (χ1v) is 14.6. The lowest BCUT2D eigenvalue weighted by Gasteiger charge is -2.30. The Morgan fingerprint density at radius 1 is 0.500 bits per heavy atom. The van der Waals surface area contributed by atoms with E-state index in [-0.39, 0.29) is 28.1 Å². The number of ether oxygens (including phenoxy) is 3. The Morgan fingerprint density at radius 2 is 0.800 bits per heavy atom. The van der Waals surface area contributed by atoms with E-state index in [0.717, 1.165) is 23.7 Å². The largest absolute Gasteiger partial charge is 0.496 e. The molecule has 3 rings (SSSR count). The van der Waals surface area contributed by atoms with Gasteiger partial charge in [0.05, 0.1) is 21.3 Å². The molecule has 0 aliphatic heterocycles. The van der Waals surface area contributed by atoms with Gasteiger partial charge in [0.25, 0.3) is 0 Å². The molecule has 0 aromatic heterocycles. The van der Waals surface area contributed by atoms with E-state index in [9.17, 15) is 0 Å². The van der Waals surface area contributed by atoms with Crippen LogP contribution in [0.25, 0.3) is 0 Å². The first-order chi connectivity index (χ1) is 18.5. The van der Waals surface area contributed by atoms with Gasteiger partial charge >= 0.3 is 0 Å². The van der Waals surface area contributed by atoms with Crippen molar-refractivity contribution < 1.29 is 14.2 Å². The zero-order valence-corrected chi connectivity index (χ0v) is 27.3. The summed E-state index contributed by atoms with van der Waals surface area (Å²) in [6.45, 7) is 22.7. The molecule has 0 saturated heterocycles. The minimum atomic E-state index is 0.0127. The molecule has 0 heterocycles. The molecule has 0 spiro atoms. The summed E-state index contributed by atoms with van der Waals surface area (Å²) in [5, 5.41) is 0. The molecule has 218 valence electrons. The van der Waals surface area contributed by atoms with E-state index >= 15 is 0 Å². The highest BCUT2D eigenvalue weighted by atomic mass is 16.5. The maximum Gasteiger partial charge on any atom is 0.122 e. The Morgan fingerprint density at radius 3 is 1.10 bits per heavy atom. The number of hydrogen-bond acceptors (Lipinski definition) is 3. The molecule has 0 aliphatic rings. The maximum atomic E-state index is 6.02. The molecule has 0 N–H and O–H groups in total. The molecule has 40 heavy (non-hydrogen) atoms. The molecule has 0 aliphatic carbocycles. The lowest BCUT2D eigenvalue weighted by molar-refractivity contribution is 0.391. The second kappa shape index (κ2) is 11.9. The van der Waals surface area contributed by atoms with Crippen molar-refractivity contribution in [3.63, 3.8) is 0 Å². The third-order valence-electron chi connectivity index (χ3n) is 8.16. The summed E-state index contributed by atoms with van der Waals surface area (Å²) in [6, 6.07) is 20.0. The topological polar surface area (TPSA) is 27.7 Å². The quantitative estimate of drug-likeness (QED) is 0.282.